The van der Waals surface area contributed by atoms with Crippen LogP contribution in [0.15, 0.2) is 11.6 Å². The van der Waals surface area contributed by atoms with E-state index in [0.29, 0.717) is 5.92 Å². The summed E-state index contributed by atoms with van der Waals surface area (Å²) in [7, 11) is 0. The van der Waals surface area contributed by atoms with Crippen LogP contribution in [0.1, 0.15) is 19.3 Å². The second-order valence-corrected chi connectivity index (χ2v) is 2.91. The van der Waals surface area contributed by atoms with Gasteiger partial charge in [0.25, 0.3) is 0 Å². The molecule has 0 radical (unpaired) electrons. The van der Waals surface area contributed by atoms with Gasteiger partial charge in [-0.3, -0.25) is 4.84 Å². The lowest BCUT2D eigenvalue weighted by molar-refractivity contribution is -0.754. The van der Waals surface area contributed by atoms with Gasteiger partial charge in [0.1, 0.15) is 0 Å². The second kappa shape index (κ2) is 2.45. The predicted molar refractivity (Wildman–Crippen MR) is 38.4 cm³/mol. The molecule has 2 nitrogen and oxygen atoms in total. The number of hydrogen-bond donors (Lipinski definition) is 1. The van der Waals surface area contributed by atoms with E-state index in [1.165, 1.54) is 24.8 Å². The van der Waals surface area contributed by atoms with Gasteiger partial charge in [-0.15, -0.1) is 0 Å². The maximum absolute atomic E-state index is 5.09. The minimum absolute atomic E-state index is 0.676. The second-order valence-electron chi connectivity index (χ2n) is 2.91. The molecular weight excluding hydrogens is 126 g/mol. The molecule has 1 aliphatic heterocycles. The average molecular weight is 138 g/mol. The average Bonchev–Trinajstić information content (AvgIpc) is 2.05. The summed E-state index contributed by atoms with van der Waals surface area (Å²) in [5.74, 6) is 0.676. The Morgan fingerprint density at radius 3 is 3.50 bits per heavy atom. The van der Waals surface area contributed by atoms with Crippen LogP contribution in [0.4, 0.5) is 0 Å². The maximum Gasteiger partial charge on any atom is 0.216 e. The Hall–Kier alpha value is -0.790. The largest absolute Gasteiger partial charge is 0.279 e. The molecule has 0 amide bonds. The molecule has 0 aromatic carbocycles. The van der Waals surface area contributed by atoms with Gasteiger partial charge in [0.05, 0.1) is 0 Å². The highest BCUT2D eigenvalue weighted by Crippen LogP contribution is 2.23. The summed E-state index contributed by atoms with van der Waals surface area (Å²) in [6.45, 7) is 0.850. The van der Waals surface area contributed by atoms with E-state index >= 15 is 0 Å². The Morgan fingerprint density at radius 2 is 2.60 bits per heavy atom. The summed E-state index contributed by atoms with van der Waals surface area (Å²) in [5, 5.41) is 2.79. The van der Waals surface area contributed by atoms with E-state index in [0.717, 1.165) is 6.61 Å². The van der Waals surface area contributed by atoms with Crippen molar-refractivity contribution in [3.63, 3.8) is 0 Å². The number of hydrogen-bond acceptors (Lipinski definition) is 1. The third-order valence-electron chi connectivity index (χ3n) is 2.20. The summed E-state index contributed by atoms with van der Waals surface area (Å²) in [4.78, 5) is 5.09. The lowest BCUT2D eigenvalue weighted by Gasteiger charge is -2.19. The van der Waals surface area contributed by atoms with Gasteiger partial charge in [0, 0.05) is 11.5 Å². The molecule has 0 bridgehead atoms. The quantitative estimate of drug-likeness (QED) is 0.492. The molecule has 0 spiro atoms. The van der Waals surface area contributed by atoms with E-state index in [1.54, 1.807) is 0 Å². The molecular formula is C8H12NO+. The first-order chi connectivity index (χ1) is 4.97. The summed E-state index contributed by atoms with van der Waals surface area (Å²) in [5.41, 5.74) is 1.44. The number of allylic oxidation sites excluding steroid dienone is 1. The topological polar surface area (TPSA) is 23.2 Å². The molecule has 0 saturated heterocycles. The predicted octanol–water partition coefficient (Wildman–Crippen LogP) is -0.191. The van der Waals surface area contributed by atoms with Gasteiger partial charge < -0.3 is 0 Å². The van der Waals surface area contributed by atoms with Gasteiger partial charge in [-0.1, -0.05) is 6.08 Å². The molecule has 2 heteroatoms. The van der Waals surface area contributed by atoms with Crippen LogP contribution < -0.4 is 5.16 Å². The molecule has 0 saturated carbocycles. The fraction of sp³-hybridized carbons (Fsp3) is 0.625. The van der Waals surface area contributed by atoms with Gasteiger partial charge in [-0.2, -0.15) is 0 Å². The van der Waals surface area contributed by atoms with E-state index in [-0.39, 0.29) is 0 Å². The number of nitrogens with one attached hydrogen (secondary N) is 1. The van der Waals surface area contributed by atoms with Crippen LogP contribution in [0.2, 0.25) is 0 Å². The zero-order valence-electron chi connectivity index (χ0n) is 5.97. The van der Waals surface area contributed by atoms with E-state index in [1.807, 2.05) is 6.21 Å². The number of fused-ring (bicyclic) bond motifs is 1. The smallest absolute Gasteiger partial charge is 0.216 e. The van der Waals surface area contributed by atoms with Crippen LogP contribution in [0, 0.1) is 5.92 Å². The summed E-state index contributed by atoms with van der Waals surface area (Å²) in [6, 6.07) is 0. The molecule has 0 fully saturated rings. The van der Waals surface area contributed by atoms with Gasteiger partial charge >= 0.3 is 0 Å². The number of rotatable bonds is 0. The monoisotopic (exact) mass is 138 g/mol. The van der Waals surface area contributed by atoms with Crippen molar-refractivity contribution in [2.75, 3.05) is 6.61 Å². The first kappa shape index (κ1) is 5.96. The molecule has 0 aromatic heterocycles. The Balaban J connectivity index is 2.21. The zero-order valence-corrected chi connectivity index (χ0v) is 5.97. The molecule has 1 atom stereocenters. The first-order valence-electron chi connectivity index (χ1n) is 3.87. The minimum atomic E-state index is 0.676. The Labute approximate surface area is 60.6 Å². The van der Waals surface area contributed by atoms with Crippen molar-refractivity contribution in [1.82, 2.24) is 0 Å². The Morgan fingerprint density at radius 1 is 1.60 bits per heavy atom. The standard InChI is InChI=1S/C8H11NO/c1-2-4-8-6-10-9-5-7(8)3-1/h3,5,8H,1-2,4,6H2/p+1. The molecule has 54 valence electrons. The van der Waals surface area contributed by atoms with Gasteiger partial charge in [0.2, 0.25) is 6.21 Å². The third kappa shape index (κ3) is 0.939. The molecule has 1 N–H and O–H groups in total. The van der Waals surface area contributed by atoms with Gasteiger partial charge in [-0.05, 0) is 24.4 Å². The van der Waals surface area contributed by atoms with Crippen molar-refractivity contribution < 1.29 is 9.99 Å². The van der Waals surface area contributed by atoms with Crippen LogP contribution in [-0.4, -0.2) is 12.8 Å². The molecule has 0 aromatic rings. The van der Waals surface area contributed by atoms with Crippen LogP contribution in [-0.2, 0) is 4.84 Å². The van der Waals surface area contributed by atoms with E-state index in [4.69, 9.17) is 4.84 Å². The van der Waals surface area contributed by atoms with E-state index in [9.17, 15) is 0 Å². The molecule has 1 aliphatic carbocycles. The molecule has 2 rings (SSSR count). The molecule has 1 unspecified atom stereocenters. The van der Waals surface area contributed by atoms with Gasteiger partial charge in [0.15, 0.2) is 6.61 Å². The van der Waals surface area contributed by atoms with Crippen LogP contribution in [0.3, 0.4) is 0 Å². The van der Waals surface area contributed by atoms with Crippen molar-refractivity contribution in [2.24, 2.45) is 5.92 Å². The van der Waals surface area contributed by atoms with Crippen LogP contribution in [0.25, 0.3) is 0 Å². The van der Waals surface area contributed by atoms with Crippen molar-refractivity contribution in [2.45, 2.75) is 19.3 Å². The Bertz CT molecular complexity index is 184. The van der Waals surface area contributed by atoms with Crippen molar-refractivity contribution in [3.8, 4) is 0 Å². The summed E-state index contributed by atoms with van der Waals surface area (Å²) >= 11 is 0. The summed E-state index contributed by atoms with van der Waals surface area (Å²) in [6.07, 6.45) is 8.15. The molecule has 10 heavy (non-hydrogen) atoms. The maximum atomic E-state index is 5.09. The SMILES string of the molecule is C1=[NH+]OCC2CCCC=C12. The van der Waals surface area contributed by atoms with Crippen LogP contribution in [0.5, 0.6) is 0 Å². The van der Waals surface area contributed by atoms with E-state index in [2.05, 4.69) is 11.2 Å². The van der Waals surface area contributed by atoms with Crippen LogP contribution >= 0.6 is 0 Å². The minimum Gasteiger partial charge on any atom is -0.279 e. The van der Waals surface area contributed by atoms with Gasteiger partial charge in [-0.25, -0.2) is 0 Å². The van der Waals surface area contributed by atoms with Crippen molar-refractivity contribution in [1.29, 1.82) is 0 Å². The van der Waals surface area contributed by atoms with Crippen molar-refractivity contribution in [3.05, 3.63) is 11.6 Å². The normalized spacial score (nSPS) is 30.4. The first-order valence-corrected chi connectivity index (χ1v) is 3.87. The lowest BCUT2D eigenvalue weighted by atomic mass is 9.89. The highest BCUT2D eigenvalue weighted by atomic mass is 16.6. The highest BCUT2D eigenvalue weighted by Gasteiger charge is 2.22. The summed E-state index contributed by atoms with van der Waals surface area (Å²) < 4.78 is 0. The molecule has 1 heterocycles. The zero-order chi connectivity index (χ0) is 6.81. The third-order valence-corrected chi connectivity index (χ3v) is 2.20. The van der Waals surface area contributed by atoms with E-state index < -0.39 is 0 Å². The lowest BCUT2D eigenvalue weighted by Crippen LogP contribution is -2.71. The molecule has 2 aliphatic rings. The highest BCUT2D eigenvalue weighted by molar-refractivity contribution is 5.74. The van der Waals surface area contributed by atoms with Crippen molar-refractivity contribution >= 4 is 6.21 Å². The fourth-order valence-electron chi connectivity index (χ4n) is 1.58. The Kier molecular flexibility index (Phi) is 1.46. The fourth-order valence-corrected chi connectivity index (χ4v) is 1.58.